The fourth-order valence-electron chi connectivity index (χ4n) is 1.48. The molecule has 0 heterocycles. The third-order valence-corrected chi connectivity index (χ3v) is 9.41. The quantitative estimate of drug-likeness (QED) is 0.638. The molecule has 1 nitrogen and oxygen atoms in total. The third-order valence-electron chi connectivity index (χ3n) is 3.40. The standard InChI is InChI=1S/C14H32OSi2/c1-13(2,3)17(9,10)12-11-14(4,5)15-16(6,7)8/h11-12H,1-10H3/b12-11+. The molecule has 0 aromatic rings. The van der Waals surface area contributed by atoms with Gasteiger partial charge in [-0.15, -0.1) is 0 Å². The molecule has 0 bridgehead atoms. The zero-order valence-corrected chi connectivity index (χ0v) is 15.6. The average molecular weight is 273 g/mol. The van der Waals surface area contributed by atoms with Crippen LogP contribution in [0.3, 0.4) is 0 Å². The molecule has 0 aliphatic carbocycles. The predicted molar refractivity (Wildman–Crippen MR) is 84.8 cm³/mol. The summed E-state index contributed by atoms with van der Waals surface area (Å²) in [6.07, 6.45) is 2.29. The van der Waals surface area contributed by atoms with Crippen LogP contribution in [-0.2, 0) is 4.43 Å². The Kier molecular flexibility index (Phi) is 5.06. The summed E-state index contributed by atoms with van der Waals surface area (Å²) in [4.78, 5) is 0. The van der Waals surface area contributed by atoms with Gasteiger partial charge in [-0.1, -0.05) is 45.6 Å². The van der Waals surface area contributed by atoms with Gasteiger partial charge in [-0.3, -0.25) is 0 Å². The largest absolute Gasteiger partial charge is 0.409 e. The van der Waals surface area contributed by atoms with Gasteiger partial charge >= 0.3 is 0 Å². The van der Waals surface area contributed by atoms with Crippen molar-refractivity contribution < 1.29 is 4.43 Å². The van der Waals surface area contributed by atoms with Gasteiger partial charge in [-0.2, -0.15) is 0 Å². The highest BCUT2D eigenvalue weighted by molar-refractivity contribution is 6.84. The summed E-state index contributed by atoms with van der Waals surface area (Å²) in [6, 6.07) is 0. The van der Waals surface area contributed by atoms with Crippen molar-refractivity contribution in [3.05, 3.63) is 11.8 Å². The fraction of sp³-hybridized carbons (Fsp3) is 0.857. The van der Waals surface area contributed by atoms with Crippen molar-refractivity contribution >= 4 is 16.4 Å². The Morgan fingerprint density at radius 2 is 1.24 bits per heavy atom. The second-order valence-corrected chi connectivity index (χ2v) is 17.8. The predicted octanol–water partition coefficient (Wildman–Crippen LogP) is 5.22. The SMILES string of the molecule is CC(C)(/C=C/[Si](C)(C)C(C)(C)C)O[Si](C)(C)C. The van der Waals surface area contributed by atoms with Gasteiger partial charge < -0.3 is 4.43 Å². The van der Waals surface area contributed by atoms with E-state index in [1.54, 1.807) is 0 Å². The van der Waals surface area contributed by atoms with E-state index < -0.39 is 16.4 Å². The van der Waals surface area contributed by atoms with Gasteiger partial charge in [0.15, 0.2) is 8.32 Å². The molecule has 0 spiro atoms. The lowest BCUT2D eigenvalue weighted by molar-refractivity contribution is 0.154. The van der Waals surface area contributed by atoms with Gasteiger partial charge in [-0.25, -0.2) is 0 Å². The molecule has 0 aliphatic heterocycles. The highest BCUT2D eigenvalue weighted by Gasteiger charge is 2.33. The van der Waals surface area contributed by atoms with Crippen LogP contribution in [0.15, 0.2) is 11.8 Å². The molecule has 0 fully saturated rings. The molecule has 0 aromatic carbocycles. The van der Waals surface area contributed by atoms with E-state index in [-0.39, 0.29) is 5.60 Å². The lowest BCUT2D eigenvalue weighted by Crippen LogP contribution is -2.39. The molecule has 0 amide bonds. The highest BCUT2D eigenvalue weighted by atomic mass is 28.4. The Morgan fingerprint density at radius 3 is 1.53 bits per heavy atom. The van der Waals surface area contributed by atoms with Crippen LogP contribution in [0.1, 0.15) is 34.6 Å². The van der Waals surface area contributed by atoms with E-state index in [1.807, 2.05) is 0 Å². The fourth-order valence-corrected chi connectivity index (χ4v) is 4.45. The Morgan fingerprint density at radius 1 is 0.824 bits per heavy atom. The Labute approximate surface area is 111 Å². The molecule has 0 aliphatic rings. The molecule has 3 heteroatoms. The van der Waals surface area contributed by atoms with E-state index in [1.165, 1.54) is 0 Å². The minimum Gasteiger partial charge on any atom is -0.409 e. The molecule has 0 N–H and O–H groups in total. The lowest BCUT2D eigenvalue weighted by atomic mass is 10.1. The Hall–Kier alpha value is 0.134. The van der Waals surface area contributed by atoms with Crippen LogP contribution in [0.4, 0.5) is 0 Å². The summed E-state index contributed by atoms with van der Waals surface area (Å²) in [5, 5.41) is 0.402. The monoisotopic (exact) mass is 272 g/mol. The van der Waals surface area contributed by atoms with E-state index >= 15 is 0 Å². The van der Waals surface area contributed by atoms with E-state index in [0.717, 1.165) is 0 Å². The normalized spacial score (nSPS) is 15.6. The first-order chi connectivity index (χ1) is 7.16. The second-order valence-electron chi connectivity index (χ2n) is 8.12. The van der Waals surface area contributed by atoms with Crippen molar-refractivity contribution in [2.45, 2.75) is 78.0 Å². The van der Waals surface area contributed by atoms with Crippen molar-refractivity contribution in [2.75, 3.05) is 0 Å². The van der Waals surface area contributed by atoms with Gasteiger partial charge in [0.2, 0.25) is 0 Å². The first-order valence-corrected chi connectivity index (χ1v) is 13.1. The Balaban J connectivity index is 4.84. The lowest BCUT2D eigenvalue weighted by Gasteiger charge is -2.36. The molecule has 0 saturated heterocycles. The molecule has 0 aromatic heterocycles. The van der Waals surface area contributed by atoms with E-state index in [4.69, 9.17) is 4.43 Å². The summed E-state index contributed by atoms with van der Waals surface area (Å²) in [5.41, 5.74) is 2.33. The molecule has 102 valence electrons. The Bertz CT molecular complexity index is 278. The molecule has 0 saturated carbocycles. The van der Waals surface area contributed by atoms with Gasteiger partial charge in [0.25, 0.3) is 0 Å². The van der Waals surface area contributed by atoms with Crippen LogP contribution >= 0.6 is 0 Å². The van der Waals surface area contributed by atoms with Gasteiger partial charge in [0, 0.05) is 0 Å². The van der Waals surface area contributed by atoms with E-state index in [9.17, 15) is 0 Å². The summed E-state index contributed by atoms with van der Waals surface area (Å²) in [7, 11) is -2.81. The number of rotatable bonds is 4. The molecule has 0 atom stereocenters. The van der Waals surface area contributed by atoms with Gasteiger partial charge in [0.05, 0.1) is 13.7 Å². The molecular weight excluding hydrogens is 240 g/mol. The van der Waals surface area contributed by atoms with Crippen LogP contribution in [0.5, 0.6) is 0 Å². The van der Waals surface area contributed by atoms with Crippen LogP contribution in [0.2, 0.25) is 37.8 Å². The first-order valence-electron chi connectivity index (χ1n) is 6.57. The zero-order chi connectivity index (χ0) is 14.1. The van der Waals surface area contributed by atoms with Crippen LogP contribution < -0.4 is 0 Å². The summed E-state index contributed by atoms with van der Waals surface area (Å²) in [6.45, 7) is 23.0. The van der Waals surface area contributed by atoms with Crippen LogP contribution in [0.25, 0.3) is 0 Å². The smallest absolute Gasteiger partial charge is 0.184 e. The topological polar surface area (TPSA) is 9.23 Å². The van der Waals surface area contributed by atoms with Crippen molar-refractivity contribution in [3.8, 4) is 0 Å². The molecule has 17 heavy (non-hydrogen) atoms. The van der Waals surface area contributed by atoms with Gasteiger partial charge in [-0.05, 0) is 38.5 Å². The second kappa shape index (κ2) is 5.02. The van der Waals surface area contributed by atoms with Crippen LogP contribution in [0, 0.1) is 0 Å². The zero-order valence-electron chi connectivity index (χ0n) is 13.6. The highest BCUT2D eigenvalue weighted by Crippen LogP contribution is 2.37. The molecule has 0 radical (unpaired) electrons. The summed E-state index contributed by atoms with van der Waals surface area (Å²) >= 11 is 0. The molecular formula is C14H32OSi2. The van der Waals surface area contributed by atoms with Crippen molar-refractivity contribution in [1.82, 2.24) is 0 Å². The first kappa shape index (κ1) is 17.1. The maximum absolute atomic E-state index is 6.21. The summed E-state index contributed by atoms with van der Waals surface area (Å²) < 4.78 is 6.21. The summed E-state index contributed by atoms with van der Waals surface area (Å²) in [5.74, 6) is 0. The van der Waals surface area contributed by atoms with Crippen molar-refractivity contribution in [3.63, 3.8) is 0 Å². The van der Waals surface area contributed by atoms with E-state index in [0.29, 0.717) is 5.04 Å². The number of hydrogen-bond donors (Lipinski definition) is 0. The van der Waals surface area contributed by atoms with Crippen molar-refractivity contribution in [2.24, 2.45) is 0 Å². The minimum absolute atomic E-state index is 0.125. The number of hydrogen-bond acceptors (Lipinski definition) is 1. The van der Waals surface area contributed by atoms with E-state index in [2.05, 4.69) is 79.1 Å². The molecule has 0 rings (SSSR count). The maximum atomic E-state index is 6.21. The van der Waals surface area contributed by atoms with Crippen molar-refractivity contribution in [1.29, 1.82) is 0 Å². The maximum Gasteiger partial charge on any atom is 0.184 e. The van der Waals surface area contributed by atoms with Gasteiger partial charge in [0.1, 0.15) is 0 Å². The third kappa shape index (κ3) is 6.58. The average Bonchev–Trinajstić information content (AvgIpc) is 1.94. The minimum atomic E-state index is -1.47. The van der Waals surface area contributed by atoms with Crippen LogP contribution in [-0.4, -0.2) is 22.0 Å². The molecule has 0 unspecified atom stereocenters.